The molecule has 1 unspecified atom stereocenters. The van der Waals surface area contributed by atoms with Crippen molar-refractivity contribution in [1.29, 1.82) is 0 Å². The molecule has 0 aliphatic carbocycles. The van der Waals surface area contributed by atoms with E-state index in [-0.39, 0.29) is 11.1 Å². The van der Waals surface area contributed by atoms with Crippen molar-refractivity contribution >= 4 is 11.6 Å². The number of hydrogen-bond acceptors (Lipinski definition) is 2. The predicted molar refractivity (Wildman–Crippen MR) is 64.2 cm³/mol. The van der Waals surface area contributed by atoms with Gasteiger partial charge in [0.15, 0.2) is 0 Å². The third-order valence-electron chi connectivity index (χ3n) is 2.19. The molecule has 0 aliphatic rings. The molecule has 0 aliphatic heterocycles. The van der Waals surface area contributed by atoms with E-state index in [4.69, 9.17) is 22.1 Å². The highest BCUT2D eigenvalue weighted by molar-refractivity contribution is 6.31. The van der Waals surface area contributed by atoms with Crippen LogP contribution in [0.1, 0.15) is 18.9 Å². The van der Waals surface area contributed by atoms with Gasteiger partial charge in [-0.3, -0.25) is 0 Å². The van der Waals surface area contributed by atoms with Gasteiger partial charge in [-0.1, -0.05) is 30.7 Å². The van der Waals surface area contributed by atoms with Crippen LogP contribution in [0.3, 0.4) is 0 Å². The molecule has 0 bridgehead atoms. The molecule has 0 saturated carbocycles. The second-order valence-electron chi connectivity index (χ2n) is 3.75. The molecule has 0 saturated heterocycles. The Morgan fingerprint density at radius 3 is 2.94 bits per heavy atom. The number of rotatable bonds is 6. The number of benzene rings is 1. The summed E-state index contributed by atoms with van der Waals surface area (Å²) in [5, 5.41) is 0.161. The van der Waals surface area contributed by atoms with Gasteiger partial charge in [-0.2, -0.15) is 0 Å². The molecule has 90 valence electrons. The van der Waals surface area contributed by atoms with Gasteiger partial charge in [-0.05, 0) is 24.5 Å². The summed E-state index contributed by atoms with van der Waals surface area (Å²) in [6.07, 6.45) is 1.49. The summed E-state index contributed by atoms with van der Waals surface area (Å²) in [6.45, 7) is 3.21. The number of halogens is 2. The summed E-state index contributed by atoms with van der Waals surface area (Å²) in [5.74, 6) is -0.402. The highest BCUT2D eigenvalue weighted by Gasteiger charge is 2.10. The lowest BCUT2D eigenvalue weighted by Crippen LogP contribution is -2.29. The van der Waals surface area contributed by atoms with Gasteiger partial charge < -0.3 is 10.5 Å². The first kappa shape index (κ1) is 13.4. The zero-order valence-corrected chi connectivity index (χ0v) is 10.1. The maximum Gasteiger partial charge on any atom is 0.142 e. The Hall–Kier alpha value is -0.640. The topological polar surface area (TPSA) is 35.2 Å². The third kappa shape index (κ3) is 4.08. The van der Waals surface area contributed by atoms with Gasteiger partial charge in [0.05, 0.1) is 11.6 Å². The molecular weight excluding hydrogens is 229 g/mol. The van der Waals surface area contributed by atoms with E-state index >= 15 is 0 Å². The fourth-order valence-electron chi connectivity index (χ4n) is 1.43. The van der Waals surface area contributed by atoms with Crippen LogP contribution < -0.4 is 5.73 Å². The lowest BCUT2D eigenvalue weighted by molar-refractivity contribution is 0.121. The van der Waals surface area contributed by atoms with Crippen molar-refractivity contribution in [1.82, 2.24) is 0 Å². The van der Waals surface area contributed by atoms with Crippen molar-refractivity contribution in [2.24, 2.45) is 5.73 Å². The average molecular weight is 246 g/mol. The van der Waals surface area contributed by atoms with Gasteiger partial charge in [0.25, 0.3) is 0 Å². The first-order valence-corrected chi connectivity index (χ1v) is 5.79. The predicted octanol–water partition coefficient (Wildman–Crippen LogP) is 2.78. The standard InChI is InChI=1S/C12H17ClFNO/c1-2-6-16-8-10(15)7-9-4-3-5-11(14)12(9)13/h3-5,10H,2,6-8,15H2,1H3. The molecule has 0 spiro atoms. The maximum atomic E-state index is 13.1. The van der Waals surface area contributed by atoms with E-state index in [1.54, 1.807) is 12.1 Å². The quantitative estimate of drug-likeness (QED) is 0.783. The van der Waals surface area contributed by atoms with Crippen molar-refractivity contribution in [3.8, 4) is 0 Å². The van der Waals surface area contributed by atoms with E-state index in [1.807, 2.05) is 6.92 Å². The maximum absolute atomic E-state index is 13.1. The Kier molecular flexibility index (Phi) is 5.74. The fraction of sp³-hybridized carbons (Fsp3) is 0.500. The van der Waals surface area contributed by atoms with Crippen LogP contribution in [0.5, 0.6) is 0 Å². The molecule has 0 amide bonds. The molecular formula is C12H17ClFNO. The van der Waals surface area contributed by atoms with Gasteiger partial charge in [0, 0.05) is 12.6 Å². The Morgan fingerprint density at radius 2 is 2.25 bits per heavy atom. The lowest BCUT2D eigenvalue weighted by Gasteiger charge is -2.13. The van der Waals surface area contributed by atoms with Crippen LogP contribution in [0, 0.1) is 5.82 Å². The number of nitrogens with two attached hydrogens (primary N) is 1. The summed E-state index contributed by atoms with van der Waals surface area (Å²) in [7, 11) is 0. The van der Waals surface area contributed by atoms with Crippen LogP contribution in [-0.4, -0.2) is 19.3 Å². The normalized spacial score (nSPS) is 12.8. The van der Waals surface area contributed by atoms with Crippen molar-refractivity contribution in [2.75, 3.05) is 13.2 Å². The Morgan fingerprint density at radius 1 is 1.50 bits per heavy atom. The van der Waals surface area contributed by atoms with Crippen LogP contribution in [-0.2, 0) is 11.2 Å². The minimum atomic E-state index is -0.402. The molecule has 16 heavy (non-hydrogen) atoms. The van der Waals surface area contributed by atoms with E-state index < -0.39 is 5.82 Å². The molecule has 0 heterocycles. The van der Waals surface area contributed by atoms with Crippen molar-refractivity contribution in [2.45, 2.75) is 25.8 Å². The molecule has 0 aromatic heterocycles. The summed E-state index contributed by atoms with van der Waals surface area (Å²) in [4.78, 5) is 0. The highest BCUT2D eigenvalue weighted by atomic mass is 35.5. The van der Waals surface area contributed by atoms with Crippen LogP contribution in [0.2, 0.25) is 5.02 Å². The van der Waals surface area contributed by atoms with E-state index in [1.165, 1.54) is 6.07 Å². The summed E-state index contributed by atoms with van der Waals surface area (Å²) >= 11 is 5.83. The van der Waals surface area contributed by atoms with Gasteiger partial charge in [-0.25, -0.2) is 4.39 Å². The van der Waals surface area contributed by atoms with Crippen molar-refractivity contribution in [3.05, 3.63) is 34.6 Å². The second kappa shape index (κ2) is 6.84. The monoisotopic (exact) mass is 245 g/mol. The third-order valence-corrected chi connectivity index (χ3v) is 2.62. The summed E-state index contributed by atoms with van der Waals surface area (Å²) < 4.78 is 18.5. The van der Waals surface area contributed by atoms with Gasteiger partial charge >= 0.3 is 0 Å². The van der Waals surface area contributed by atoms with E-state index in [0.29, 0.717) is 19.6 Å². The zero-order valence-electron chi connectivity index (χ0n) is 9.38. The van der Waals surface area contributed by atoms with Crippen LogP contribution in [0.15, 0.2) is 18.2 Å². The molecule has 1 aromatic carbocycles. The summed E-state index contributed by atoms with van der Waals surface area (Å²) in [6, 6.07) is 4.61. The Bertz CT molecular complexity index is 333. The second-order valence-corrected chi connectivity index (χ2v) is 4.13. The largest absolute Gasteiger partial charge is 0.380 e. The summed E-state index contributed by atoms with van der Waals surface area (Å²) in [5.41, 5.74) is 6.59. The molecule has 4 heteroatoms. The first-order chi connectivity index (χ1) is 7.65. The lowest BCUT2D eigenvalue weighted by atomic mass is 10.1. The number of ether oxygens (including phenoxy) is 1. The first-order valence-electron chi connectivity index (χ1n) is 5.41. The van der Waals surface area contributed by atoms with Crippen LogP contribution in [0.4, 0.5) is 4.39 Å². The average Bonchev–Trinajstić information content (AvgIpc) is 2.25. The molecule has 2 N–H and O–H groups in total. The van der Waals surface area contributed by atoms with E-state index in [0.717, 1.165) is 12.0 Å². The molecule has 1 rings (SSSR count). The smallest absolute Gasteiger partial charge is 0.142 e. The number of hydrogen-bond donors (Lipinski definition) is 1. The molecule has 1 aromatic rings. The van der Waals surface area contributed by atoms with E-state index in [9.17, 15) is 4.39 Å². The van der Waals surface area contributed by atoms with Crippen LogP contribution >= 0.6 is 11.6 Å². The van der Waals surface area contributed by atoms with Gasteiger partial charge in [-0.15, -0.1) is 0 Å². The fourth-order valence-corrected chi connectivity index (χ4v) is 1.63. The molecule has 2 nitrogen and oxygen atoms in total. The van der Waals surface area contributed by atoms with Crippen molar-refractivity contribution < 1.29 is 9.13 Å². The minimum absolute atomic E-state index is 0.147. The SMILES string of the molecule is CCCOCC(N)Cc1cccc(F)c1Cl. The minimum Gasteiger partial charge on any atom is -0.380 e. The van der Waals surface area contributed by atoms with E-state index in [2.05, 4.69) is 0 Å². The molecule has 0 fully saturated rings. The van der Waals surface area contributed by atoms with Crippen LogP contribution in [0.25, 0.3) is 0 Å². The Labute approximate surface area is 101 Å². The van der Waals surface area contributed by atoms with Gasteiger partial charge in [0.1, 0.15) is 5.82 Å². The highest BCUT2D eigenvalue weighted by Crippen LogP contribution is 2.20. The van der Waals surface area contributed by atoms with Crippen molar-refractivity contribution in [3.63, 3.8) is 0 Å². The van der Waals surface area contributed by atoms with Gasteiger partial charge in [0.2, 0.25) is 0 Å². The zero-order chi connectivity index (χ0) is 12.0. The Balaban J connectivity index is 2.49. The molecule has 0 radical (unpaired) electrons. The molecule has 1 atom stereocenters.